The highest BCUT2D eigenvalue weighted by Crippen LogP contribution is 2.34. The van der Waals surface area contributed by atoms with Crippen molar-refractivity contribution in [3.63, 3.8) is 0 Å². The Morgan fingerprint density at radius 3 is 2.84 bits per heavy atom. The smallest absolute Gasteiger partial charge is 0.289 e. The molecule has 0 radical (unpaired) electrons. The molecule has 0 bridgehead atoms. The zero-order valence-corrected chi connectivity index (χ0v) is 15.8. The first-order valence-electron chi connectivity index (χ1n) is 8.99. The van der Waals surface area contributed by atoms with Gasteiger partial charge in [0.2, 0.25) is 5.82 Å². The maximum absolute atomic E-state index is 12.4. The third-order valence-corrected chi connectivity index (χ3v) is 6.31. The van der Waals surface area contributed by atoms with Crippen LogP contribution in [0.2, 0.25) is 0 Å². The summed E-state index contributed by atoms with van der Waals surface area (Å²) in [5.74, 6) is 2.52. The minimum Gasteiger partial charge on any atom is -0.347 e. The summed E-state index contributed by atoms with van der Waals surface area (Å²) in [5, 5.41) is 13.6. The van der Waals surface area contributed by atoms with Gasteiger partial charge in [-0.1, -0.05) is 0 Å². The van der Waals surface area contributed by atoms with Gasteiger partial charge in [-0.2, -0.15) is 0 Å². The van der Waals surface area contributed by atoms with E-state index in [1.54, 1.807) is 0 Å². The minimum atomic E-state index is -0.115. The standard InChI is InChI=1S/C18H25N5OS/c1-11(2)19-18(24)17-21-20-16-6-13-7-22(8-14(13)9-23(16)17)10-15-12(3)4-5-25-15/h4-5,11,13-14H,6-10H2,1-3H3,(H,19,24)/t13-,14+/m1/s1. The summed E-state index contributed by atoms with van der Waals surface area (Å²) in [5.41, 5.74) is 1.39. The van der Waals surface area contributed by atoms with Crippen molar-refractivity contribution in [1.82, 2.24) is 25.0 Å². The molecule has 0 aliphatic carbocycles. The molecule has 1 N–H and O–H groups in total. The van der Waals surface area contributed by atoms with Gasteiger partial charge in [-0.25, -0.2) is 0 Å². The Hall–Kier alpha value is -1.73. The van der Waals surface area contributed by atoms with Crippen molar-refractivity contribution in [3.8, 4) is 0 Å². The highest BCUT2D eigenvalue weighted by molar-refractivity contribution is 7.10. The van der Waals surface area contributed by atoms with Crippen LogP contribution in [0.1, 0.15) is 40.7 Å². The van der Waals surface area contributed by atoms with E-state index in [4.69, 9.17) is 0 Å². The molecule has 0 saturated carbocycles. The van der Waals surface area contributed by atoms with Crippen molar-refractivity contribution in [1.29, 1.82) is 0 Å². The predicted molar refractivity (Wildman–Crippen MR) is 97.6 cm³/mol. The lowest BCUT2D eigenvalue weighted by molar-refractivity contribution is 0.0924. The Bertz CT molecular complexity index is 780. The molecule has 0 unspecified atom stereocenters. The maximum Gasteiger partial charge on any atom is 0.289 e. The van der Waals surface area contributed by atoms with E-state index in [0.717, 1.165) is 38.4 Å². The quantitative estimate of drug-likeness (QED) is 0.908. The molecule has 4 heterocycles. The molecular formula is C18H25N5OS. The number of fused-ring (bicyclic) bond motifs is 2. The largest absolute Gasteiger partial charge is 0.347 e. The number of carbonyl (C=O) groups excluding carboxylic acids is 1. The van der Waals surface area contributed by atoms with E-state index >= 15 is 0 Å². The summed E-state index contributed by atoms with van der Waals surface area (Å²) in [7, 11) is 0. The average Bonchev–Trinajstić information content (AvgIpc) is 3.23. The first-order valence-corrected chi connectivity index (χ1v) is 9.87. The van der Waals surface area contributed by atoms with Gasteiger partial charge in [0, 0.05) is 43.5 Å². The first-order chi connectivity index (χ1) is 12.0. The Morgan fingerprint density at radius 2 is 2.12 bits per heavy atom. The van der Waals surface area contributed by atoms with Crippen LogP contribution < -0.4 is 5.32 Å². The summed E-state index contributed by atoms with van der Waals surface area (Å²) in [6.45, 7) is 10.2. The number of nitrogens with one attached hydrogen (secondary N) is 1. The zero-order valence-electron chi connectivity index (χ0n) is 15.0. The molecule has 4 rings (SSSR count). The summed E-state index contributed by atoms with van der Waals surface area (Å²) in [6.07, 6.45) is 0.923. The summed E-state index contributed by atoms with van der Waals surface area (Å²) in [4.78, 5) is 16.4. The van der Waals surface area contributed by atoms with Crippen LogP contribution in [0.15, 0.2) is 11.4 Å². The number of aryl methyl sites for hydroxylation is 1. The molecule has 7 heteroatoms. The molecule has 6 nitrogen and oxygen atoms in total. The van der Waals surface area contributed by atoms with Gasteiger partial charge in [0.05, 0.1) is 0 Å². The molecule has 2 aliphatic heterocycles. The lowest BCUT2D eigenvalue weighted by atomic mass is 9.89. The maximum atomic E-state index is 12.4. The fraction of sp³-hybridized carbons (Fsp3) is 0.611. The molecule has 2 aromatic heterocycles. The molecule has 134 valence electrons. The summed E-state index contributed by atoms with van der Waals surface area (Å²) in [6, 6.07) is 2.30. The number of carbonyl (C=O) groups is 1. The van der Waals surface area contributed by atoms with Crippen molar-refractivity contribution in [3.05, 3.63) is 33.5 Å². The SMILES string of the molecule is Cc1ccsc1CN1C[C@H]2Cc3nnc(C(=O)NC(C)C)n3C[C@@H]2C1. The van der Waals surface area contributed by atoms with Gasteiger partial charge in [0.25, 0.3) is 5.91 Å². The Labute approximate surface area is 152 Å². The number of amides is 1. The van der Waals surface area contributed by atoms with Crippen molar-refractivity contribution in [2.24, 2.45) is 11.8 Å². The number of aromatic nitrogens is 3. The summed E-state index contributed by atoms with van der Waals surface area (Å²) >= 11 is 1.85. The molecule has 25 heavy (non-hydrogen) atoms. The van der Waals surface area contributed by atoms with Crippen molar-refractivity contribution < 1.29 is 4.79 Å². The fourth-order valence-electron chi connectivity index (χ4n) is 4.01. The van der Waals surface area contributed by atoms with Crippen LogP contribution in [0.4, 0.5) is 0 Å². The lowest BCUT2D eigenvalue weighted by Gasteiger charge is -2.25. The third kappa shape index (κ3) is 3.22. The van der Waals surface area contributed by atoms with E-state index < -0.39 is 0 Å². The van der Waals surface area contributed by atoms with Gasteiger partial charge in [0.1, 0.15) is 5.82 Å². The monoisotopic (exact) mass is 359 g/mol. The first kappa shape index (κ1) is 16.7. The van der Waals surface area contributed by atoms with Crippen LogP contribution in [0.3, 0.4) is 0 Å². The predicted octanol–water partition coefficient (Wildman–Crippen LogP) is 2.09. The second-order valence-electron chi connectivity index (χ2n) is 7.62. The van der Waals surface area contributed by atoms with Crippen LogP contribution in [0.25, 0.3) is 0 Å². The Balaban J connectivity index is 1.46. The van der Waals surface area contributed by atoms with E-state index in [1.165, 1.54) is 10.4 Å². The molecule has 2 aromatic rings. The molecule has 1 amide bonds. The van der Waals surface area contributed by atoms with Crippen LogP contribution in [-0.2, 0) is 19.5 Å². The number of hydrogen-bond donors (Lipinski definition) is 1. The molecule has 2 aliphatic rings. The number of nitrogens with zero attached hydrogens (tertiary/aromatic N) is 4. The number of rotatable bonds is 4. The van der Waals surface area contributed by atoms with Crippen LogP contribution in [0, 0.1) is 18.8 Å². The second kappa shape index (κ2) is 6.53. The van der Waals surface area contributed by atoms with E-state index in [2.05, 4.69) is 38.8 Å². The molecule has 0 aromatic carbocycles. The zero-order chi connectivity index (χ0) is 17.6. The van der Waals surface area contributed by atoms with Crippen LogP contribution in [0.5, 0.6) is 0 Å². The van der Waals surface area contributed by atoms with Gasteiger partial charge in [0.15, 0.2) is 0 Å². The highest BCUT2D eigenvalue weighted by atomic mass is 32.1. The molecule has 2 atom stereocenters. The fourth-order valence-corrected chi connectivity index (χ4v) is 4.96. The van der Waals surface area contributed by atoms with Crippen molar-refractivity contribution >= 4 is 17.2 Å². The van der Waals surface area contributed by atoms with Gasteiger partial charge in [-0.15, -0.1) is 21.5 Å². The van der Waals surface area contributed by atoms with E-state index in [1.807, 2.05) is 29.8 Å². The van der Waals surface area contributed by atoms with Gasteiger partial charge in [-0.3, -0.25) is 9.69 Å². The Morgan fingerprint density at radius 1 is 1.32 bits per heavy atom. The molecule has 1 saturated heterocycles. The normalized spacial score (nSPS) is 22.9. The minimum absolute atomic E-state index is 0.104. The highest BCUT2D eigenvalue weighted by Gasteiger charge is 2.39. The van der Waals surface area contributed by atoms with Crippen LogP contribution >= 0.6 is 11.3 Å². The molecular weight excluding hydrogens is 334 g/mol. The number of hydrogen-bond acceptors (Lipinski definition) is 5. The van der Waals surface area contributed by atoms with E-state index in [0.29, 0.717) is 17.7 Å². The second-order valence-corrected chi connectivity index (χ2v) is 8.62. The number of likely N-dealkylation sites (tertiary alicyclic amines) is 1. The van der Waals surface area contributed by atoms with Gasteiger partial charge in [-0.05, 0) is 49.6 Å². The topological polar surface area (TPSA) is 63.1 Å². The summed E-state index contributed by atoms with van der Waals surface area (Å²) < 4.78 is 2.04. The average molecular weight is 359 g/mol. The van der Waals surface area contributed by atoms with Crippen molar-refractivity contribution in [2.75, 3.05) is 13.1 Å². The Kier molecular flexibility index (Phi) is 4.37. The van der Waals surface area contributed by atoms with Gasteiger partial charge < -0.3 is 9.88 Å². The van der Waals surface area contributed by atoms with Gasteiger partial charge >= 0.3 is 0 Å². The van der Waals surface area contributed by atoms with E-state index in [-0.39, 0.29) is 11.9 Å². The third-order valence-electron chi connectivity index (χ3n) is 5.30. The lowest BCUT2D eigenvalue weighted by Crippen LogP contribution is -2.35. The van der Waals surface area contributed by atoms with E-state index in [9.17, 15) is 4.79 Å². The molecule has 1 fully saturated rings. The van der Waals surface area contributed by atoms with Crippen molar-refractivity contribution in [2.45, 2.75) is 46.3 Å². The number of thiophene rings is 1. The molecule has 0 spiro atoms. The van der Waals surface area contributed by atoms with Crippen LogP contribution in [-0.4, -0.2) is 44.7 Å².